The van der Waals surface area contributed by atoms with Gasteiger partial charge in [0.2, 0.25) is 0 Å². The van der Waals surface area contributed by atoms with Crippen molar-refractivity contribution in [3.05, 3.63) is 194 Å². The summed E-state index contributed by atoms with van der Waals surface area (Å²) >= 11 is 0. The number of para-hydroxylation sites is 5. The Bertz CT molecular complexity index is 4060. The van der Waals surface area contributed by atoms with Gasteiger partial charge in [-0.2, -0.15) is 0 Å². The van der Waals surface area contributed by atoms with Gasteiger partial charge in [0.15, 0.2) is 17.5 Å². The van der Waals surface area contributed by atoms with E-state index >= 15 is 0 Å². The minimum Gasteiger partial charge on any atom is -0.456 e. The number of benzene rings is 9. The van der Waals surface area contributed by atoms with E-state index in [-0.39, 0.29) is 0 Å². The molecule has 0 unspecified atom stereocenters. The molecule has 0 spiro atoms. The van der Waals surface area contributed by atoms with Crippen molar-refractivity contribution in [2.75, 3.05) is 0 Å². The van der Waals surface area contributed by atoms with Gasteiger partial charge in [-0.1, -0.05) is 146 Å². The zero-order valence-corrected chi connectivity index (χ0v) is 33.6. The van der Waals surface area contributed by atoms with Gasteiger partial charge < -0.3 is 13.2 Å². The number of nitrogens with zero attached hydrogens (tertiary/aromatic N) is 4. The van der Waals surface area contributed by atoms with Crippen molar-refractivity contribution in [1.82, 2.24) is 19.4 Å². The van der Waals surface area contributed by atoms with Crippen LogP contribution < -0.4 is 0 Å². The molecule has 14 aromatic rings. The molecule has 5 aromatic heterocycles. The van der Waals surface area contributed by atoms with Crippen molar-refractivity contribution >= 4 is 82.0 Å². The Balaban J connectivity index is 0.982. The molecular formula is C57H32N4O2. The van der Waals surface area contributed by atoms with E-state index in [0.29, 0.717) is 17.5 Å². The highest BCUT2D eigenvalue weighted by Gasteiger charge is 2.23. The summed E-state index contributed by atoms with van der Waals surface area (Å²) in [6, 6.07) is 67.9. The summed E-state index contributed by atoms with van der Waals surface area (Å²) in [4.78, 5) is 15.3. The second-order valence-corrected chi connectivity index (χ2v) is 16.3. The molecule has 6 heteroatoms. The quantitative estimate of drug-likeness (QED) is 0.173. The zero-order chi connectivity index (χ0) is 41.2. The molecule has 14 rings (SSSR count). The lowest BCUT2D eigenvalue weighted by Crippen LogP contribution is -2.00. The maximum absolute atomic E-state index is 6.54. The smallest absolute Gasteiger partial charge is 0.167 e. The summed E-state index contributed by atoms with van der Waals surface area (Å²) < 4.78 is 15.4. The maximum atomic E-state index is 6.54. The lowest BCUT2D eigenvalue weighted by Gasteiger charge is -2.14. The van der Waals surface area contributed by atoms with Crippen LogP contribution in [0.1, 0.15) is 0 Å². The van der Waals surface area contributed by atoms with Gasteiger partial charge in [0.25, 0.3) is 0 Å². The average Bonchev–Trinajstić information content (AvgIpc) is 4.11. The van der Waals surface area contributed by atoms with Crippen LogP contribution in [-0.2, 0) is 0 Å². The highest BCUT2D eigenvalue weighted by molar-refractivity contribution is 6.25. The molecule has 0 saturated carbocycles. The van der Waals surface area contributed by atoms with Gasteiger partial charge in [-0.25, -0.2) is 15.0 Å². The second kappa shape index (κ2) is 12.9. The van der Waals surface area contributed by atoms with Crippen molar-refractivity contribution in [3.8, 4) is 56.4 Å². The van der Waals surface area contributed by atoms with E-state index in [1.54, 1.807) is 0 Å². The Kier molecular flexibility index (Phi) is 7.02. The predicted molar refractivity (Wildman–Crippen MR) is 256 cm³/mol. The van der Waals surface area contributed by atoms with Crippen molar-refractivity contribution in [2.45, 2.75) is 0 Å². The fourth-order valence-corrected chi connectivity index (χ4v) is 10.0. The molecule has 9 aromatic carbocycles. The molecular weight excluding hydrogens is 773 g/mol. The molecule has 0 aliphatic carbocycles. The molecule has 63 heavy (non-hydrogen) atoms. The maximum Gasteiger partial charge on any atom is 0.167 e. The van der Waals surface area contributed by atoms with Crippen molar-refractivity contribution in [2.24, 2.45) is 0 Å². The van der Waals surface area contributed by atoms with Gasteiger partial charge in [0.1, 0.15) is 22.3 Å². The highest BCUT2D eigenvalue weighted by Crippen LogP contribution is 2.47. The first-order chi connectivity index (χ1) is 31.2. The van der Waals surface area contributed by atoms with E-state index in [2.05, 4.69) is 132 Å². The second-order valence-electron chi connectivity index (χ2n) is 16.3. The van der Waals surface area contributed by atoms with Crippen LogP contribution in [0.4, 0.5) is 0 Å². The summed E-state index contributed by atoms with van der Waals surface area (Å²) in [6.45, 7) is 0. The average molecular weight is 805 g/mol. The molecule has 0 bridgehead atoms. The topological polar surface area (TPSA) is 69.4 Å². The normalized spacial score (nSPS) is 12.1. The molecule has 0 saturated heterocycles. The monoisotopic (exact) mass is 804 g/mol. The van der Waals surface area contributed by atoms with Gasteiger partial charge in [0, 0.05) is 59.8 Å². The van der Waals surface area contributed by atoms with Crippen LogP contribution in [0.3, 0.4) is 0 Å². The number of furan rings is 2. The fourth-order valence-electron chi connectivity index (χ4n) is 10.0. The lowest BCUT2D eigenvalue weighted by atomic mass is 9.89. The van der Waals surface area contributed by atoms with Crippen LogP contribution in [0, 0.1) is 0 Å². The molecule has 5 heterocycles. The van der Waals surface area contributed by atoms with Crippen molar-refractivity contribution in [1.29, 1.82) is 0 Å². The molecule has 0 amide bonds. The van der Waals surface area contributed by atoms with E-state index in [0.717, 1.165) is 82.8 Å². The van der Waals surface area contributed by atoms with Crippen LogP contribution in [-0.4, -0.2) is 19.4 Å². The van der Waals surface area contributed by atoms with Gasteiger partial charge in [-0.15, -0.1) is 0 Å². The predicted octanol–water partition coefficient (Wildman–Crippen LogP) is 15.2. The molecule has 0 radical (unpaired) electrons. The highest BCUT2D eigenvalue weighted by atomic mass is 16.3. The Morgan fingerprint density at radius 3 is 1.60 bits per heavy atom. The first kappa shape index (κ1) is 34.1. The van der Waals surface area contributed by atoms with Crippen molar-refractivity contribution < 1.29 is 8.83 Å². The van der Waals surface area contributed by atoms with E-state index in [1.165, 1.54) is 38.1 Å². The molecule has 0 N–H and O–H groups in total. The third kappa shape index (κ3) is 4.97. The van der Waals surface area contributed by atoms with Gasteiger partial charge in [0.05, 0.1) is 22.1 Å². The van der Waals surface area contributed by atoms with E-state index in [9.17, 15) is 0 Å². The van der Waals surface area contributed by atoms with Crippen LogP contribution in [0.2, 0.25) is 0 Å². The largest absolute Gasteiger partial charge is 0.456 e. The fraction of sp³-hybridized carbons (Fsp3) is 0. The number of aromatic nitrogens is 4. The number of fused-ring (bicyclic) bond motifs is 12. The summed E-state index contributed by atoms with van der Waals surface area (Å²) in [6.07, 6.45) is 0. The minimum atomic E-state index is 0.552. The first-order valence-corrected chi connectivity index (χ1v) is 21.2. The molecule has 0 aliphatic heterocycles. The van der Waals surface area contributed by atoms with Crippen LogP contribution in [0.15, 0.2) is 203 Å². The van der Waals surface area contributed by atoms with E-state index in [1.807, 2.05) is 66.7 Å². The number of hydrogen-bond acceptors (Lipinski definition) is 5. The lowest BCUT2D eigenvalue weighted by molar-refractivity contribution is 0.669. The van der Waals surface area contributed by atoms with Crippen LogP contribution in [0.25, 0.3) is 138 Å². The Labute approximate surface area is 359 Å². The van der Waals surface area contributed by atoms with Gasteiger partial charge in [-0.05, 0) is 65.2 Å². The molecule has 0 fully saturated rings. The summed E-state index contributed by atoms with van der Waals surface area (Å²) in [5.74, 6) is 1.72. The minimum absolute atomic E-state index is 0.552. The van der Waals surface area contributed by atoms with Crippen LogP contribution in [0.5, 0.6) is 0 Å². The van der Waals surface area contributed by atoms with Crippen LogP contribution >= 0.6 is 0 Å². The SMILES string of the molecule is c1ccc(-c2nc(-c3ccc(-c4c(-c5cc6c7ccccc7n7c8ccccc8c(c5)c67)ccc5oc6ccccc6c45)cc3)nc(-c3cccc4c3oc3ccccc34)n2)cc1. The third-order valence-corrected chi connectivity index (χ3v) is 12.8. The summed E-state index contributed by atoms with van der Waals surface area (Å²) in [5.41, 5.74) is 14.0. The van der Waals surface area contributed by atoms with Crippen molar-refractivity contribution in [3.63, 3.8) is 0 Å². The van der Waals surface area contributed by atoms with Gasteiger partial charge in [-0.3, -0.25) is 0 Å². The molecule has 292 valence electrons. The molecule has 0 atom stereocenters. The Morgan fingerprint density at radius 2 is 0.889 bits per heavy atom. The number of hydrogen-bond donors (Lipinski definition) is 0. The summed E-state index contributed by atoms with van der Waals surface area (Å²) in [7, 11) is 0. The standard InChI is InChI=1S/C57H32N4O2/c1-2-13-34(14-3-1)55-58-56(60-57(59-55)43-20-12-19-41-40-17-6-10-23-48(40)63-54(41)43)35-27-25-33(26-28-35)51-37(29-30-50-52(51)42-18-7-11-24-49(42)62-50)36-31-44-38-15-4-8-21-46(38)61-47-22-9-5-16-39(47)45(32-36)53(44)61/h1-32H. The Morgan fingerprint density at radius 1 is 0.333 bits per heavy atom. The molecule has 6 nitrogen and oxygen atoms in total. The third-order valence-electron chi connectivity index (χ3n) is 12.8. The van der Waals surface area contributed by atoms with E-state index in [4.69, 9.17) is 23.8 Å². The molecule has 0 aliphatic rings. The van der Waals surface area contributed by atoms with E-state index < -0.39 is 0 Å². The summed E-state index contributed by atoms with van der Waals surface area (Å²) in [5, 5.41) is 9.22. The zero-order valence-electron chi connectivity index (χ0n) is 33.6. The van der Waals surface area contributed by atoms with Gasteiger partial charge >= 0.3 is 0 Å². The number of rotatable bonds is 5. The first-order valence-electron chi connectivity index (χ1n) is 21.2. The Hall–Kier alpha value is -8.61.